The fraction of sp³-hybridized carbons (Fsp3) is 0.824. The summed E-state index contributed by atoms with van der Waals surface area (Å²) >= 11 is 0. The normalized spacial score (nSPS) is 13.0. The zero-order valence-electron chi connectivity index (χ0n) is 16.1. The van der Waals surface area contributed by atoms with E-state index >= 15 is 0 Å². The van der Waals surface area contributed by atoms with Crippen molar-refractivity contribution in [1.82, 2.24) is 10.6 Å². The van der Waals surface area contributed by atoms with Gasteiger partial charge in [0.15, 0.2) is 0 Å². The van der Waals surface area contributed by atoms with Crippen LogP contribution in [0.3, 0.4) is 0 Å². The van der Waals surface area contributed by atoms with Crippen LogP contribution in [0.2, 0.25) is 0 Å². The van der Waals surface area contributed by atoms with Crippen LogP contribution in [0.5, 0.6) is 0 Å². The van der Waals surface area contributed by atoms with Gasteiger partial charge in [0.2, 0.25) is 0 Å². The molecule has 8 nitrogen and oxygen atoms in total. The number of aliphatic carboxylic acids is 1. The van der Waals surface area contributed by atoms with Crippen molar-refractivity contribution < 1.29 is 29.0 Å². The van der Waals surface area contributed by atoms with E-state index in [1.807, 2.05) is 0 Å². The Kier molecular flexibility index (Phi) is 9.48. The third-order valence-electron chi connectivity index (χ3n) is 2.75. The Morgan fingerprint density at radius 3 is 2.00 bits per heavy atom. The van der Waals surface area contributed by atoms with Crippen LogP contribution >= 0.6 is 0 Å². The molecule has 0 spiro atoms. The molecular formula is C17H32N2O6. The van der Waals surface area contributed by atoms with Crippen molar-refractivity contribution in [3.05, 3.63) is 0 Å². The van der Waals surface area contributed by atoms with Gasteiger partial charge in [0.1, 0.15) is 17.2 Å². The highest BCUT2D eigenvalue weighted by Crippen LogP contribution is 2.13. The molecule has 0 saturated heterocycles. The Morgan fingerprint density at radius 1 is 0.960 bits per heavy atom. The summed E-state index contributed by atoms with van der Waals surface area (Å²) in [6, 6.07) is -0.812. The lowest BCUT2D eigenvalue weighted by Gasteiger charge is -2.26. The lowest BCUT2D eigenvalue weighted by molar-refractivity contribution is -0.157. The number of amides is 1. The molecule has 146 valence electrons. The molecule has 0 aliphatic heterocycles. The van der Waals surface area contributed by atoms with Crippen LogP contribution in [0.4, 0.5) is 4.79 Å². The Bertz CT molecular complexity index is 451. The van der Waals surface area contributed by atoms with Crippen LogP contribution in [0.25, 0.3) is 0 Å². The Hall–Kier alpha value is -1.83. The molecule has 1 atom stereocenters. The topological polar surface area (TPSA) is 114 Å². The smallest absolute Gasteiger partial charge is 0.408 e. The van der Waals surface area contributed by atoms with Crippen molar-refractivity contribution in [2.45, 2.75) is 78.0 Å². The summed E-state index contributed by atoms with van der Waals surface area (Å²) in [6.07, 6.45) is 0.991. The van der Waals surface area contributed by atoms with Gasteiger partial charge in [0, 0.05) is 0 Å². The van der Waals surface area contributed by atoms with Gasteiger partial charge in [0.05, 0.1) is 6.54 Å². The van der Waals surface area contributed by atoms with Gasteiger partial charge in [-0.1, -0.05) is 0 Å². The first-order chi connectivity index (χ1) is 11.3. The monoisotopic (exact) mass is 360 g/mol. The minimum atomic E-state index is -0.918. The highest BCUT2D eigenvalue weighted by atomic mass is 16.6. The average Bonchev–Trinajstić information content (AvgIpc) is 2.36. The molecule has 0 aliphatic carbocycles. The number of carbonyl (C=O) groups is 3. The lowest BCUT2D eigenvalue weighted by atomic mass is 10.1. The molecule has 0 bridgehead atoms. The number of rotatable bonds is 9. The third-order valence-corrected chi connectivity index (χ3v) is 2.75. The van der Waals surface area contributed by atoms with Gasteiger partial charge in [-0.15, -0.1) is 0 Å². The highest BCUT2D eigenvalue weighted by molar-refractivity contribution is 5.81. The summed E-state index contributed by atoms with van der Waals surface area (Å²) < 4.78 is 10.5. The number of unbranched alkanes of at least 4 members (excludes halogenated alkanes) is 1. The summed E-state index contributed by atoms with van der Waals surface area (Å²) in [4.78, 5) is 34.6. The van der Waals surface area contributed by atoms with E-state index in [0.717, 1.165) is 0 Å². The van der Waals surface area contributed by atoms with E-state index in [9.17, 15) is 14.4 Å². The van der Waals surface area contributed by atoms with Crippen molar-refractivity contribution >= 4 is 18.0 Å². The first-order valence-electron chi connectivity index (χ1n) is 8.45. The molecule has 0 aromatic rings. The number of carboxylic acids is 1. The lowest BCUT2D eigenvalue weighted by Crippen LogP contribution is -2.46. The quantitative estimate of drug-likeness (QED) is 0.426. The Morgan fingerprint density at radius 2 is 1.52 bits per heavy atom. The summed E-state index contributed by atoms with van der Waals surface area (Å²) in [7, 11) is 0. The molecule has 0 saturated carbocycles. The van der Waals surface area contributed by atoms with Crippen molar-refractivity contribution in [2.75, 3.05) is 13.1 Å². The molecule has 25 heavy (non-hydrogen) atoms. The molecule has 8 heteroatoms. The van der Waals surface area contributed by atoms with Gasteiger partial charge in [-0.3, -0.25) is 4.79 Å². The molecule has 3 N–H and O–H groups in total. The van der Waals surface area contributed by atoms with Crippen LogP contribution in [0.15, 0.2) is 0 Å². The molecule has 0 radical (unpaired) electrons. The number of hydrogen-bond acceptors (Lipinski definition) is 6. The van der Waals surface area contributed by atoms with E-state index in [4.69, 9.17) is 14.6 Å². The standard InChI is InChI=1S/C17H32N2O6/c1-16(2,3)24-14(22)12(19-15(23)25-17(4,5)6)9-7-8-10-18-11-13(20)21/h12,18H,7-11H2,1-6H3,(H,19,23)(H,20,21)/t12-/m0/s1. The second kappa shape index (κ2) is 10.2. The van der Waals surface area contributed by atoms with E-state index in [1.54, 1.807) is 41.5 Å². The fourth-order valence-corrected chi connectivity index (χ4v) is 1.87. The number of nitrogens with one attached hydrogen (secondary N) is 2. The second-order valence-corrected chi connectivity index (χ2v) is 7.80. The van der Waals surface area contributed by atoms with E-state index < -0.39 is 35.3 Å². The maximum absolute atomic E-state index is 12.3. The molecule has 1 amide bonds. The predicted octanol–water partition coefficient (Wildman–Crippen LogP) is 2.07. The van der Waals surface area contributed by atoms with Crippen LogP contribution in [-0.4, -0.2) is 53.5 Å². The molecule has 0 aromatic carbocycles. The summed E-state index contributed by atoms with van der Waals surface area (Å²) in [6.45, 7) is 10.9. The highest BCUT2D eigenvalue weighted by Gasteiger charge is 2.28. The van der Waals surface area contributed by atoms with Crippen molar-refractivity contribution in [3.63, 3.8) is 0 Å². The van der Waals surface area contributed by atoms with Crippen LogP contribution in [0, 0.1) is 0 Å². The SMILES string of the molecule is CC(C)(C)OC(=O)N[C@@H](CCCCNCC(=O)O)C(=O)OC(C)(C)C. The van der Waals surface area contributed by atoms with Crippen LogP contribution in [0.1, 0.15) is 60.8 Å². The van der Waals surface area contributed by atoms with E-state index in [1.165, 1.54) is 0 Å². The van der Waals surface area contributed by atoms with Gasteiger partial charge in [-0.2, -0.15) is 0 Å². The first-order valence-corrected chi connectivity index (χ1v) is 8.45. The molecule has 0 heterocycles. The van der Waals surface area contributed by atoms with Gasteiger partial charge < -0.3 is 25.2 Å². The Labute approximate surface area is 149 Å². The zero-order chi connectivity index (χ0) is 19.7. The molecule has 0 fully saturated rings. The van der Waals surface area contributed by atoms with Crippen molar-refractivity contribution in [3.8, 4) is 0 Å². The van der Waals surface area contributed by atoms with Gasteiger partial charge in [-0.05, 0) is 67.3 Å². The van der Waals surface area contributed by atoms with E-state index in [0.29, 0.717) is 25.8 Å². The number of ether oxygens (including phenoxy) is 2. The van der Waals surface area contributed by atoms with Crippen LogP contribution < -0.4 is 10.6 Å². The summed E-state index contributed by atoms with van der Waals surface area (Å²) in [5.74, 6) is -1.44. The van der Waals surface area contributed by atoms with Gasteiger partial charge in [-0.25, -0.2) is 9.59 Å². The molecule has 0 aromatic heterocycles. The number of alkyl carbamates (subject to hydrolysis) is 1. The van der Waals surface area contributed by atoms with E-state index in [2.05, 4.69) is 10.6 Å². The van der Waals surface area contributed by atoms with Crippen molar-refractivity contribution in [2.24, 2.45) is 0 Å². The first kappa shape index (κ1) is 23.2. The molecule has 0 aliphatic rings. The Balaban J connectivity index is 4.55. The summed E-state index contributed by atoms with van der Waals surface area (Å²) in [5.41, 5.74) is -1.32. The number of hydrogen-bond donors (Lipinski definition) is 3. The largest absolute Gasteiger partial charge is 0.480 e. The van der Waals surface area contributed by atoms with Gasteiger partial charge >= 0.3 is 18.0 Å². The maximum atomic E-state index is 12.3. The molecule has 0 rings (SSSR count). The second-order valence-electron chi connectivity index (χ2n) is 7.80. The molecular weight excluding hydrogens is 328 g/mol. The number of carboxylic acid groups (broad SMARTS) is 1. The third kappa shape index (κ3) is 14.2. The number of carbonyl (C=O) groups excluding carboxylic acids is 2. The number of esters is 1. The minimum Gasteiger partial charge on any atom is -0.480 e. The van der Waals surface area contributed by atoms with E-state index in [-0.39, 0.29) is 6.54 Å². The summed E-state index contributed by atoms with van der Waals surface area (Å²) in [5, 5.41) is 13.9. The minimum absolute atomic E-state index is 0.106. The van der Waals surface area contributed by atoms with Crippen LogP contribution in [-0.2, 0) is 19.1 Å². The van der Waals surface area contributed by atoms with Crippen molar-refractivity contribution in [1.29, 1.82) is 0 Å². The predicted molar refractivity (Wildman–Crippen MR) is 93.4 cm³/mol. The fourth-order valence-electron chi connectivity index (χ4n) is 1.87. The average molecular weight is 360 g/mol. The maximum Gasteiger partial charge on any atom is 0.408 e. The molecule has 0 unspecified atom stereocenters. The van der Waals surface area contributed by atoms with Gasteiger partial charge in [0.25, 0.3) is 0 Å². The zero-order valence-corrected chi connectivity index (χ0v) is 16.1.